The van der Waals surface area contributed by atoms with Gasteiger partial charge in [-0.05, 0) is 44.0 Å². The molecule has 5 nitrogen and oxygen atoms in total. The van der Waals surface area contributed by atoms with E-state index in [1.807, 2.05) is 17.7 Å². The van der Waals surface area contributed by atoms with Gasteiger partial charge in [0.1, 0.15) is 0 Å². The predicted octanol–water partition coefficient (Wildman–Crippen LogP) is 2.42. The van der Waals surface area contributed by atoms with E-state index in [0.717, 1.165) is 10.8 Å². The zero-order valence-electron chi connectivity index (χ0n) is 14.0. The molecular weight excluding hydrogens is 310 g/mol. The maximum atomic E-state index is 12.1. The number of hydrogen-bond donors (Lipinski definition) is 1. The van der Waals surface area contributed by atoms with Crippen molar-refractivity contribution in [1.29, 1.82) is 0 Å². The third kappa shape index (κ3) is 4.14. The molecule has 0 saturated heterocycles. The van der Waals surface area contributed by atoms with Crippen molar-refractivity contribution in [3.05, 3.63) is 41.7 Å². The summed E-state index contributed by atoms with van der Waals surface area (Å²) in [5.41, 5.74) is 3.51. The fourth-order valence-electron chi connectivity index (χ4n) is 2.06. The Kier molecular flexibility index (Phi) is 5.85. The molecule has 1 aromatic carbocycles. The Labute approximate surface area is 141 Å². The number of amides is 1. The summed E-state index contributed by atoms with van der Waals surface area (Å²) in [4.78, 5) is 18.1. The number of likely N-dealkylation sites (N-methyl/N-ethyl adjacent to an activating group) is 1. The smallest absolute Gasteiger partial charge is 0.233 e. The van der Waals surface area contributed by atoms with Crippen LogP contribution >= 0.6 is 11.8 Å². The third-order valence-corrected chi connectivity index (χ3v) is 4.97. The third-order valence-electron chi connectivity index (χ3n) is 4.02. The van der Waals surface area contributed by atoms with E-state index >= 15 is 0 Å². The first-order valence-electron chi connectivity index (χ1n) is 7.54. The zero-order chi connectivity index (χ0) is 17.0. The average Bonchev–Trinajstić information content (AvgIpc) is 3.02. The van der Waals surface area contributed by atoms with E-state index in [0.29, 0.717) is 5.75 Å². The molecule has 0 aliphatic rings. The second kappa shape index (κ2) is 7.66. The summed E-state index contributed by atoms with van der Waals surface area (Å²) in [6, 6.07) is 6.07. The zero-order valence-corrected chi connectivity index (χ0v) is 14.8. The Morgan fingerprint density at radius 2 is 2.13 bits per heavy atom. The van der Waals surface area contributed by atoms with Crippen molar-refractivity contribution in [3.63, 3.8) is 0 Å². The monoisotopic (exact) mass is 333 g/mol. The Bertz CT molecular complexity index is 684. The van der Waals surface area contributed by atoms with Crippen molar-refractivity contribution < 1.29 is 9.90 Å². The molecule has 0 saturated carbocycles. The fourth-order valence-corrected chi connectivity index (χ4v) is 2.96. The number of aryl methyl sites for hydroxylation is 2. The van der Waals surface area contributed by atoms with E-state index < -0.39 is 0 Å². The summed E-state index contributed by atoms with van der Waals surface area (Å²) < 4.78 is 1.99. The molecule has 0 bridgehead atoms. The van der Waals surface area contributed by atoms with Gasteiger partial charge in [-0.25, -0.2) is 4.98 Å². The number of benzene rings is 1. The second-order valence-corrected chi connectivity index (χ2v) is 6.62. The van der Waals surface area contributed by atoms with E-state index in [2.05, 4.69) is 37.0 Å². The van der Waals surface area contributed by atoms with Crippen LogP contribution in [0.4, 0.5) is 0 Å². The van der Waals surface area contributed by atoms with Crippen LogP contribution in [0.5, 0.6) is 0 Å². The van der Waals surface area contributed by atoms with Crippen LogP contribution in [0.1, 0.15) is 18.1 Å². The maximum Gasteiger partial charge on any atom is 0.233 e. The molecule has 1 N–H and O–H groups in total. The summed E-state index contributed by atoms with van der Waals surface area (Å²) in [6.07, 6.45) is 3.64. The van der Waals surface area contributed by atoms with Gasteiger partial charge < -0.3 is 10.0 Å². The Hall–Kier alpha value is -1.79. The molecular formula is C17H23N3O2S. The predicted molar refractivity (Wildman–Crippen MR) is 93.1 cm³/mol. The van der Waals surface area contributed by atoms with Crippen molar-refractivity contribution in [3.8, 4) is 5.69 Å². The van der Waals surface area contributed by atoms with Gasteiger partial charge in [0.2, 0.25) is 5.91 Å². The lowest BCUT2D eigenvalue weighted by molar-refractivity contribution is -0.129. The summed E-state index contributed by atoms with van der Waals surface area (Å²) in [5.74, 6) is 0.272. The first-order valence-corrected chi connectivity index (χ1v) is 8.53. The summed E-state index contributed by atoms with van der Waals surface area (Å²) in [6.45, 7) is 5.94. The Morgan fingerprint density at radius 1 is 1.39 bits per heavy atom. The molecule has 0 spiro atoms. The van der Waals surface area contributed by atoms with Crippen LogP contribution in [-0.4, -0.2) is 50.9 Å². The molecule has 1 heterocycles. The normalized spacial score (nSPS) is 12.2. The van der Waals surface area contributed by atoms with Gasteiger partial charge in [0.05, 0.1) is 18.4 Å². The van der Waals surface area contributed by atoms with Crippen LogP contribution in [0.3, 0.4) is 0 Å². The lowest BCUT2D eigenvalue weighted by atomic mass is 10.1. The molecule has 1 unspecified atom stereocenters. The second-order valence-electron chi connectivity index (χ2n) is 5.67. The van der Waals surface area contributed by atoms with Crippen LogP contribution in [-0.2, 0) is 4.79 Å². The fraction of sp³-hybridized carbons (Fsp3) is 0.412. The van der Waals surface area contributed by atoms with Crippen LogP contribution in [0.2, 0.25) is 0 Å². The van der Waals surface area contributed by atoms with Crippen LogP contribution in [0.25, 0.3) is 5.69 Å². The van der Waals surface area contributed by atoms with Crippen LogP contribution < -0.4 is 0 Å². The molecule has 2 aromatic rings. The number of aliphatic hydroxyl groups excluding tert-OH is 1. The SMILES string of the molecule is Cc1ccc(-n2ccnc2SCC(=O)N(C)C(C)CO)cc1C. The highest BCUT2D eigenvalue weighted by atomic mass is 32.2. The van der Waals surface area contributed by atoms with E-state index in [4.69, 9.17) is 5.11 Å². The van der Waals surface area contributed by atoms with Crippen LogP contribution in [0, 0.1) is 13.8 Å². The van der Waals surface area contributed by atoms with Gasteiger partial charge in [-0.1, -0.05) is 17.8 Å². The topological polar surface area (TPSA) is 58.4 Å². The molecule has 0 aliphatic carbocycles. The van der Waals surface area contributed by atoms with Gasteiger partial charge in [0.15, 0.2) is 5.16 Å². The minimum absolute atomic E-state index is 0.0220. The first kappa shape index (κ1) is 17.6. The van der Waals surface area contributed by atoms with E-state index in [1.54, 1.807) is 18.1 Å². The highest BCUT2D eigenvalue weighted by molar-refractivity contribution is 7.99. The Morgan fingerprint density at radius 3 is 2.78 bits per heavy atom. The molecule has 0 fully saturated rings. The quantitative estimate of drug-likeness (QED) is 0.825. The number of carbonyl (C=O) groups excluding carboxylic acids is 1. The van der Waals surface area contributed by atoms with E-state index in [9.17, 15) is 4.79 Å². The first-order chi connectivity index (χ1) is 10.9. The molecule has 0 aliphatic heterocycles. The lowest BCUT2D eigenvalue weighted by Crippen LogP contribution is -2.38. The molecule has 1 amide bonds. The summed E-state index contributed by atoms with van der Waals surface area (Å²) >= 11 is 1.40. The highest BCUT2D eigenvalue weighted by Gasteiger charge is 2.16. The molecule has 1 atom stereocenters. The van der Waals surface area contributed by atoms with Gasteiger partial charge in [-0.3, -0.25) is 9.36 Å². The molecule has 0 radical (unpaired) electrons. The number of nitrogens with zero attached hydrogens (tertiary/aromatic N) is 3. The minimum Gasteiger partial charge on any atom is -0.394 e. The summed E-state index contributed by atoms with van der Waals surface area (Å²) in [5, 5.41) is 9.91. The van der Waals surface area contributed by atoms with Gasteiger partial charge >= 0.3 is 0 Å². The number of carbonyl (C=O) groups is 1. The van der Waals surface area contributed by atoms with Crippen molar-refractivity contribution in [1.82, 2.24) is 14.5 Å². The number of aromatic nitrogens is 2. The maximum absolute atomic E-state index is 12.1. The number of rotatable bonds is 6. The van der Waals surface area contributed by atoms with Gasteiger partial charge in [0, 0.05) is 25.1 Å². The van der Waals surface area contributed by atoms with Crippen molar-refractivity contribution >= 4 is 17.7 Å². The van der Waals surface area contributed by atoms with Gasteiger partial charge in [-0.2, -0.15) is 0 Å². The molecule has 124 valence electrons. The van der Waals surface area contributed by atoms with Crippen LogP contribution in [0.15, 0.2) is 35.7 Å². The van der Waals surface area contributed by atoms with E-state index in [-0.39, 0.29) is 18.6 Å². The molecule has 1 aromatic heterocycles. The number of imidazole rings is 1. The molecule has 6 heteroatoms. The largest absolute Gasteiger partial charge is 0.394 e. The van der Waals surface area contributed by atoms with Gasteiger partial charge in [-0.15, -0.1) is 0 Å². The number of hydrogen-bond acceptors (Lipinski definition) is 4. The average molecular weight is 333 g/mol. The number of aliphatic hydroxyl groups is 1. The minimum atomic E-state index is -0.178. The molecule has 2 rings (SSSR count). The van der Waals surface area contributed by atoms with Crippen molar-refractivity contribution in [2.45, 2.75) is 32.0 Å². The lowest BCUT2D eigenvalue weighted by Gasteiger charge is -2.22. The highest BCUT2D eigenvalue weighted by Crippen LogP contribution is 2.22. The summed E-state index contributed by atoms with van der Waals surface area (Å²) in [7, 11) is 1.71. The number of thioether (sulfide) groups is 1. The van der Waals surface area contributed by atoms with Gasteiger partial charge in [0.25, 0.3) is 0 Å². The Balaban J connectivity index is 2.10. The van der Waals surface area contributed by atoms with Crippen molar-refractivity contribution in [2.75, 3.05) is 19.4 Å². The molecule has 23 heavy (non-hydrogen) atoms. The standard InChI is InChI=1S/C17H23N3O2S/c1-12-5-6-15(9-13(12)2)20-8-7-18-17(20)23-11-16(22)19(4)14(3)10-21/h5-9,14,21H,10-11H2,1-4H3. The van der Waals surface area contributed by atoms with Crippen molar-refractivity contribution in [2.24, 2.45) is 0 Å². The van der Waals surface area contributed by atoms with E-state index in [1.165, 1.54) is 22.9 Å².